The van der Waals surface area contributed by atoms with Crippen LogP contribution in [0.3, 0.4) is 0 Å². The fraction of sp³-hybridized carbons (Fsp3) is 0.625. The summed E-state index contributed by atoms with van der Waals surface area (Å²) in [5.74, 6) is 0.890. The van der Waals surface area contributed by atoms with Gasteiger partial charge in [-0.15, -0.1) is 0 Å². The van der Waals surface area contributed by atoms with Crippen LogP contribution in [-0.4, -0.2) is 80.6 Å². The van der Waals surface area contributed by atoms with E-state index in [1.807, 2.05) is 30.3 Å². The predicted molar refractivity (Wildman–Crippen MR) is 82.7 cm³/mol. The number of ether oxygens (including phenoxy) is 2. The first-order chi connectivity index (χ1) is 10.4. The Balaban J connectivity index is 1.45. The molecule has 0 aliphatic carbocycles. The maximum atomic E-state index is 8.90. The lowest BCUT2D eigenvalue weighted by Crippen LogP contribution is -2.47. The number of aliphatic hydroxyl groups is 1. The highest BCUT2D eigenvalue weighted by atomic mass is 16.5. The molecule has 1 aromatic rings. The Hall–Kier alpha value is -1.14. The molecule has 0 bridgehead atoms. The summed E-state index contributed by atoms with van der Waals surface area (Å²) in [6.45, 7) is 8.18. The average Bonchev–Trinajstić information content (AvgIpc) is 2.53. The maximum Gasteiger partial charge on any atom is 0.119 e. The van der Waals surface area contributed by atoms with Crippen LogP contribution < -0.4 is 4.74 Å². The van der Waals surface area contributed by atoms with E-state index in [-0.39, 0.29) is 6.61 Å². The lowest BCUT2D eigenvalue weighted by atomic mass is 10.3. The van der Waals surface area contributed by atoms with E-state index in [2.05, 4.69) is 9.80 Å². The number of β-amino-alcohol motifs (C(OH)–C–C–N with tert-alkyl or cyclic N) is 1. The summed E-state index contributed by atoms with van der Waals surface area (Å²) >= 11 is 0. The van der Waals surface area contributed by atoms with Crippen LogP contribution in [-0.2, 0) is 4.74 Å². The van der Waals surface area contributed by atoms with Crippen LogP contribution in [0.1, 0.15) is 0 Å². The molecule has 0 amide bonds. The topological polar surface area (TPSA) is 45.2 Å². The lowest BCUT2D eigenvalue weighted by molar-refractivity contribution is 0.0581. The zero-order valence-corrected chi connectivity index (χ0v) is 12.6. The zero-order chi connectivity index (χ0) is 14.8. The molecule has 0 spiro atoms. The van der Waals surface area contributed by atoms with Gasteiger partial charge in [0.05, 0.1) is 19.8 Å². The highest BCUT2D eigenvalue weighted by Gasteiger charge is 2.15. The second-order valence-corrected chi connectivity index (χ2v) is 5.18. The normalized spacial score (nSPS) is 17.0. The van der Waals surface area contributed by atoms with Gasteiger partial charge < -0.3 is 14.6 Å². The number of rotatable bonds is 9. The molecule has 5 nitrogen and oxygen atoms in total. The van der Waals surface area contributed by atoms with Crippen LogP contribution in [0.2, 0.25) is 0 Å². The van der Waals surface area contributed by atoms with Crippen LogP contribution >= 0.6 is 0 Å². The molecule has 0 saturated carbocycles. The Morgan fingerprint density at radius 3 is 2.19 bits per heavy atom. The van der Waals surface area contributed by atoms with E-state index in [9.17, 15) is 0 Å². The lowest BCUT2D eigenvalue weighted by Gasteiger charge is -2.34. The molecule has 1 saturated heterocycles. The molecule has 1 heterocycles. The number of benzene rings is 1. The van der Waals surface area contributed by atoms with Crippen molar-refractivity contribution in [2.75, 3.05) is 65.7 Å². The molecular formula is C16H26N2O3. The molecule has 1 fully saturated rings. The van der Waals surface area contributed by atoms with E-state index < -0.39 is 0 Å². The van der Waals surface area contributed by atoms with E-state index in [0.717, 1.165) is 51.6 Å². The molecule has 5 heteroatoms. The van der Waals surface area contributed by atoms with Crippen LogP contribution in [0, 0.1) is 0 Å². The fourth-order valence-electron chi connectivity index (χ4n) is 2.41. The Morgan fingerprint density at radius 1 is 0.857 bits per heavy atom. The average molecular weight is 294 g/mol. The number of hydrogen-bond donors (Lipinski definition) is 1. The zero-order valence-electron chi connectivity index (χ0n) is 12.6. The van der Waals surface area contributed by atoms with Crippen molar-refractivity contribution in [3.8, 4) is 5.75 Å². The minimum absolute atomic E-state index is 0.254. The SMILES string of the molecule is OCCN1CCN(CCOCCOc2ccccc2)CC1. The van der Waals surface area contributed by atoms with Gasteiger partial charge in [-0.2, -0.15) is 0 Å². The van der Waals surface area contributed by atoms with Crippen molar-refractivity contribution in [3.05, 3.63) is 30.3 Å². The summed E-state index contributed by atoms with van der Waals surface area (Å²) in [5, 5.41) is 8.90. The Labute approximate surface area is 127 Å². The summed E-state index contributed by atoms with van der Waals surface area (Å²) in [6.07, 6.45) is 0. The second kappa shape index (κ2) is 9.73. The third-order valence-corrected chi connectivity index (χ3v) is 3.67. The number of para-hydroxylation sites is 1. The molecule has 0 unspecified atom stereocenters. The molecule has 0 radical (unpaired) electrons. The largest absolute Gasteiger partial charge is 0.491 e. The molecule has 118 valence electrons. The third kappa shape index (κ3) is 6.44. The van der Waals surface area contributed by atoms with Crippen molar-refractivity contribution in [2.24, 2.45) is 0 Å². The third-order valence-electron chi connectivity index (χ3n) is 3.67. The van der Waals surface area contributed by atoms with Gasteiger partial charge in [-0.3, -0.25) is 9.80 Å². The Kier molecular flexibility index (Phi) is 7.53. The van der Waals surface area contributed by atoms with Crippen LogP contribution in [0.25, 0.3) is 0 Å². The summed E-state index contributed by atoms with van der Waals surface area (Å²) in [7, 11) is 0. The predicted octanol–water partition coefficient (Wildman–Crippen LogP) is 0.692. The number of aliphatic hydroxyl groups excluding tert-OH is 1. The Morgan fingerprint density at radius 2 is 1.52 bits per heavy atom. The highest BCUT2D eigenvalue weighted by Crippen LogP contribution is 2.07. The molecule has 1 aliphatic rings. The van der Waals surface area contributed by atoms with E-state index in [1.54, 1.807) is 0 Å². The molecule has 0 aromatic heterocycles. The van der Waals surface area contributed by atoms with Crippen molar-refractivity contribution < 1.29 is 14.6 Å². The number of piperazine rings is 1. The number of nitrogens with zero attached hydrogens (tertiary/aromatic N) is 2. The summed E-state index contributed by atoms with van der Waals surface area (Å²) in [6, 6.07) is 9.81. The quantitative estimate of drug-likeness (QED) is 0.679. The van der Waals surface area contributed by atoms with Crippen molar-refractivity contribution in [2.45, 2.75) is 0 Å². The van der Waals surface area contributed by atoms with E-state index in [4.69, 9.17) is 14.6 Å². The summed E-state index contributed by atoms with van der Waals surface area (Å²) < 4.78 is 11.2. The minimum Gasteiger partial charge on any atom is -0.491 e. The second-order valence-electron chi connectivity index (χ2n) is 5.18. The maximum absolute atomic E-state index is 8.90. The van der Waals surface area contributed by atoms with Gasteiger partial charge in [-0.25, -0.2) is 0 Å². The van der Waals surface area contributed by atoms with Crippen LogP contribution in [0.4, 0.5) is 0 Å². The standard InChI is InChI=1S/C16H26N2O3/c19-12-10-17-6-8-18(9-7-17)11-13-20-14-15-21-16-4-2-1-3-5-16/h1-5,19H,6-15H2. The van der Waals surface area contributed by atoms with Gasteiger partial charge in [-0.1, -0.05) is 18.2 Å². The summed E-state index contributed by atoms with van der Waals surface area (Å²) in [4.78, 5) is 4.71. The van der Waals surface area contributed by atoms with Crippen molar-refractivity contribution >= 4 is 0 Å². The first-order valence-electron chi connectivity index (χ1n) is 7.69. The molecular weight excluding hydrogens is 268 g/mol. The smallest absolute Gasteiger partial charge is 0.119 e. The van der Waals surface area contributed by atoms with Gasteiger partial charge >= 0.3 is 0 Å². The van der Waals surface area contributed by atoms with E-state index in [1.165, 1.54) is 0 Å². The van der Waals surface area contributed by atoms with Crippen molar-refractivity contribution in [1.82, 2.24) is 9.80 Å². The van der Waals surface area contributed by atoms with E-state index >= 15 is 0 Å². The minimum atomic E-state index is 0.254. The van der Waals surface area contributed by atoms with Crippen molar-refractivity contribution in [3.63, 3.8) is 0 Å². The van der Waals surface area contributed by atoms with Crippen LogP contribution in [0.15, 0.2) is 30.3 Å². The van der Waals surface area contributed by atoms with Gasteiger partial charge in [-0.05, 0) is 12.1 Å². The van der Waals surface area contributed by atoms with E-state index in [0.29, 0.717) is 13.2 Å². The van der Waals surface area contributed by atoms with Gasteiger partial charge in [0.15, 0.2) is 0 Å². The fourth-order valence-corrected chi connectivity index (χ4v) is 2.41. The van der Waals surface area contributed by atoms with Gasteiger partial charge in [0.25, 0.3) is 0 Å². The highest BCUT2D eigenvalue weighted by molar-refractivity contribution is 5.20. The molecule has 2 rings (SSSR count). The first kappa shape index (κ1) is 16.2. The van der Waals surface area contributed by atoms with Gasteiger partial charge in [0, 0.05) is 39.3 Å². The monoisotopic (exact) mass is 294 g/mol. The number of hydrogen-bond acceptors (Lipinski definition) is 5. The molecule has 0 atom stereocenters. The molecule has 1 aliphatic heterocycles. The van der Waals surface area contributed by atoms with Gasteiger partial charge in [0.1, 0.15) is 12.4 Å². The Bertz CT molecular complexity index is 367. The van der Waals surface area contributed by atoms with Gasteiger partial charge in [0.2, 0.25) is 0 Å². The first-order valence-corrected chi connectivity index (χ1v) is 7.69. The summed E-state index contributed by atoms with van der Waals surface area (Å²) in [5.41, 5.74) is 0. The molecule has 1 aromatic carbocycles. The van der Waals surface area contributed by atoms with Crippen molar-refractivity contribution in [1.29, 1.82) is 0 Å². The molecule has 21 heavy (non-hydrogen) atoms. The molecule has 1 N–H and O–H groups in total. The van der Waals surface area contributed by atoms with Crippen LogP contribution in [0.5, 0.6) is 5.75 Å².